The Morgan fingerprint density at radius 1 is 1.26 bits per heavy atom. The molecule has 0 unspecified atom stereocenters. The summed E-state index contributed by atoms with van der Waals surface area (Å²) in [6.07, 6.45) is 3.36. The highest BCUT2D eigenvalue weighted by Crippen LogP contribution is 2.17. The molecule has 0 N–H and O–H groups in total. The number of nitrogens with zero attached hydrogens (tertiary/aromatic N) is 3. The van der Waals surface area contributed by atoms with Gasteiger partial charge in [0.25, 0.3) is 5.56 Å². The first kappa shape index (κ1) is 14.7. The van der Waals surface area contributed by atoms with Crippen LogP contribution in [0.4, 0.5) is 5.69 Å². The number of anilines is 1. The number of thiazole rings is 1. The summed E-state index contributed by atoms with van der Waals surface area (Å²) in [6.45, 7) is 1.07. The van der Waals surface area contributed by atoms with Crippen molar-refractivity contribution < 1.29 is 4.42 Å². The molecule has 2 aromatic heterocycles. The van der Waals surface area contributed by atoms with Gasteiger partial charge in [-0.3, -0.25) is 9.36 Å². The van der Waals surface area contributed by atoms with E-state index in [0.717, 1.165) is 10.5 Å². The summed E-state index contributed by atoms with van der Waals surface area (Å²) >= 11 is 3.68. The van der Waals surface area contributed by atoms with Crippen LogP contribution in [0.5, 0.6) is 0 Å². The van der Waals surface area contributed by atoms with Gasteiger partial charge in [-0.2, -0.15) is 0 Å². The zero-order valence-electron chi connectivity index (χ0n) is 12.0. The quantitative estimate of drug-likeness (QED) is 0.577. The fourth-order valence-corrected chi connectivity index (χ4v) is 3.73. The van der Waals surface area contributed by atoms with Gasteiger partial charge in [-0.05, 0) is 59.0 Å². The van der Waals surface area contributed by atoms with Gasteiger partial charge in [0, 0.05) is 15.3 Å². The average Bonchev–Trinajstić information content (AvgIpc) is 3.17. The largest absolute Gasteiger partial charge is 0.465 e. The maximum absolute atomic E-state index is 12.6. The predicted octanol–water partition coefficient (Wildman–Crippen LogP) is 1.99. The van der Waals surface area contributed by atoms with E-state index in [0.29, 0.717) is 23.6 Å². The summed E-state index contributed by atoms with van der Waals surface area (Å²) < 4.78 is 8.82. The van der Waals surface area contributed by atoms with E-state index in [1.807, 2.05) is 6.07 Å². The lowest BCUT2D eigenvalue weighted by Crippen LogP contribution is -2.42. The molecule has 3 heterocycles. The first-order valence-corrected chi connectivity index (χ1v) is 8.90. The zero-order valence-corrected chi connectivity index (χ0v) is 15.0. The first-order chi connectivity index (χ1) is 11.2. The number of halogens is 1. The molecule has 5 nitrogen and oxygen atoms in total. The third-order valence-electron chi connectivity index (χ3n) is 3.59. The number of hydrogen-bond donors (Lipinski definition) is 0. The lowest BCUT2D eigenvalue weighted by Gasteiger charge is -2.25. The van der Waals surface area contributed by atoms with Crippen molar-refractivity contribution >= 4 is 45.7 Å². The minimum Gasteiger partial charge on any atom is -0.465 e. The molecule has 0 saturated carbocycles. The number of aromatic nitrogens is 1. The number of rotatable bonds is 2. The Morgan fingerprint density at radius 3 is 2.83 bits per heavy atom. The van der Waals surface area contributed by atoms with Crippen molar-refractivity contribution in [3.63, 3.8) is 0 Å². The highest BCUT2D eigenvalue weighted by atomic mass is 127. The van der Waals surface area contributed by atoms with Crippen molar-refractivity contribution in [1.29, 1.82) is 0 Å². The van der Waals surface area contributed by atoms with Crippen molar-refractivity contribution in [2.24, 2.45) is 4.99 Å². The van der Waals surface area contributed by atoms with Crippen LogP contribution in [0.15, 0.2) is 56.9 Å². The van der Waals surface area contributed by atoms with E-state index in [1.165, 1.54) is 14.9 Å². The topological polar surface area (TPSA) is 50.7 Å². The summed E-state index contributed by atoms with van der Waals surface area (Å²) in [5, 5.41) is 0. The Morgan fingerprint density at radius 2 is 2.09 bits per heavy atom. The molecule has 0 fully saturated rings. The minimum absolute atomic E-state index is 0.0274. The van der Waals surface area contributed by atoms with Crippen molar-refractivity contribution in [2.75, 3.05) is 11.6 Å². The molecular formula is C16H12IN3O2S. The van der Waals surface area contributed by atoms with E-state index in [4.69, 9.17) is 4.42 Å². The van der Waals surface area contributed by atoms with Crippen molar-refractivity contribution in [3.8, 4) is 0 Å². The van der Waals surface area contributed by atoms with Crippen LogP contribution >= 0.6 is 33.9 Å². The Labute approximate surface area is 149 Å². The normalized spacial score (nSPS) is 14.7. The molecule has 0 saturated heterocycles. The van der Waals surface area contributed by atoms with Crippen LogP contribution in [0.2, 0.25) is 0 Å². The number of furan rings is 1. The van der Waals surface area contributed by atoms with Gasteiger partial charge in [0.15, 0.2) is 4.80 Å². The Kier molecular flexibility index (Phi) is 3.82. The van der Waals surface area contributed by atoms with Gasteiger partial charge in [-0.1, -0.05) is 11.3 Å². The van der Waals surface area contributed by atoms with Gasteiger partial charge in [0.05, 0.1) is 10.8 Å². The van der Waals surface area contributed by atoms with Gasteiger partial charge < -0.3 is 9.32 Å². The van der Waals surface area contributed by atoms with Crippen LogP contribution in [0.25, 0.3) is 6.08 Å². The second kappa shape index (κ2) is 5.97. The predicted molar refractivity (Wildman–Crippen MR) is 98.1 cm³/mol. The van der Waals surface area contributed by atoms with E-state index < -0.39 is 0 Å². The molecular weight excluding hydrogens is 425 g/mol. The monoisotopic (exact) mass is 437 g/mol. The van der Waals surface area contributed by atoms with Crippen molar-refractivity contribution in [1.82, 2.24) is 4.57 Å². The molecule has 0 spiro atoms. The maximum atomic E-state index is 12.6. The highest BCUT2D eigenvalue weighted by molar-refractivity contribution is 14.1. The molecule has 4 rings (SSSR count). The smallest absolute Gasteiger partial charge is 0.271 e. The SMILES string of the molecule is O=c1c(=Cc2ccco2)sc2n1CN(c1ccc(I)cc1)CN=2. The fourth-order valence-electron chi connectivity index (χ4n) is 2.43. The van der Waals surface area contributed by atoms with E-state index in [1.54, 1.807) is 23.0 Å². The Bertz CT molecular complexity index is 1000. The molecule has 23 heavy (non-hydrogen) atoms. The van der Waals surface area contributed by atoms with E-state index >= 15 is 0 Å². The van der Waals surface area contributed by atoms with Crippen molar-refractivity contribution in [3.05, 3.63) is 71.7 Å². The van der Waals surface area contributed by atoms with Crippen molar-refractivity contribution in [2.45, 2.75) is 6.67 Å². The summed E-state index contributed by atoms with van der Waals surface area (Å²) in [6, 6.07) is 11.8. The fraction of sp³-hybridized carbons (Fsp3) is 0.125. The molecule has 0 amide bonds. The van der Waals surface area contributed by atoms with Gasteiger partial charge >= 0.3 is 0 Å². The Balaban J connectivity index is 1.72. The third-order valence-corrected chi connectivity index (χ3v) is 5.35. The van der Waals surface area contributed by atoms with Crippen LogP contribution in [0.1, 0.15) is 5.76 Å². The number of benzene rings is 1. The van der Waals surface area contributed by atoms with Crippen LogP contribution in [-0.4, -0.2) is 11.2 Å². The van der Waals surface area contributed by atoms with Crippen LogP contribution < -0.4 is 19.8 Å². The molecule has 1 aliphatic heterocycles. The minimum atomic E-state index is -0.0274. The number of hydrogen-bond acceptors (Lipinski definition) is 5. The van der Waals surface area contributed by atoms with Crippen LogP contribution in [-0.2, 0) is 6.67 Å². The van der Waals surface area contributed by atoms with Crippen LogP contribution in [0, 0.1) is 3.57 Å². The summed E-state index contributed by atoms with van der Waals surface area (Å²) in [5.41, 5.74) is 1.04. The molecule has 1 aromatic carbocycles. The molecule has 0 bridgehead atoms. The zero-order chi connectivity index (χ0) is 15.8. The maximum Gasteiger partial charge on any atom is 0.271 e. The summed E-state index contributed by atoms with van der Waals surface area (Å²) in [5.74, 6) is 0.677. The molecule has 1 aliphatic rings. The molecule has 0 aliphatic carbocycles. The molecule has 7 heteroatoms. The van der Waals surface area contributed by atoms with E-state index in [9.17, 15) is 4.79 Å². The van der Waals surface area contributed by atoms with Gasteiger partial charge in [0.2, 0.25) is 0 Å². The molecule has 0 atom stereocenters. The summed E-state index contributed by atoms with van der Waals surface area (Å²) in [4.78, 5) is 20.0. The van der Waals surface area contributed by atoms with Gasteiger partial charge in [-0.25, -0.2) is 4.99 Å². The average molecular weight is 437 g/mol. The molecule has 0 radical (unpaired) electrons. The standard InChI is InChI=1S/C16H12IN3O2S/c17-11-3-5-12(6-4-11)19-9-18-16-20(10-19)15(21)14(23-16)8-13-2-1-7-22-13/h1-8H,9-10H2. The second-order valence-corrected chi connectivity index (χ2v) is 7.35. The lowest BCUT2D eigenvalue weighted by molar-refractivity contribution is 0.556. The third kappa shape index (κ3) is 2.86. The summed E-state index contributed by atoms with van der Waals surface area (Å²) in [7, 11) is 0. The molecule has 3 aromatic rings. The highest BCUT2D eigenvalue weighted by Gasteiger charge is 2.15. The van der Waals surface area contributed by atoms with Gasteiger partial charge in [-0.15, -0.1) is 0 Å². The van der Waals surface area contributed by atoms with E-state index in [-0.39, 0.29) is 5.56 Å². The van der Waals surface area contributed by atoms with Gasteiger partial charge in [0.1, 0.15) is 19.1 Å². The molecule has 116 valence electrons. The van der Waals surface area contributed by atoms with Crippen LogP contribution in [0.3, 0.4) is 0 Å². The number of fused-ring (bicyclic) bond motifs is 1. The second-order valence-electron chi connectivity index (χ2n) is 5.10. The first-order valence-electron chi connectivity index (χ1n) is 7.00. The Hall–Kier alpha value is -1.87. The van der Waals surface area contributed by atoms with E-state index in [2.05, 4.69) is 56.7 Å². The lowest BCUT2D eigenvalue weighted by atomic mass is 10.3.